The molecule has 0 aromatic heterocycles. The summed E-state index contributed by atoms with van der Waals surface area (Å²) in [5.74, 6) is -0.728. The molecule has 0 saturated carbocycles. The Morgan fingerprint density at radius 3 is 2.29 bits per heavy atom. The summed E-state index contributed by atoms with van der Waals surface area (Å²) in [6.07, 6.45) is -0.915. The molecule has 7 heteroatoms. The molecule has 0 aliphatic heterocycles. The van der Waals surface area contributed by atoms with Gasteiger partial charge in [-0.3, -0.25) is 4.79 Å². The first-order valence-electron chi connectivity index (χ1n) is 7.18. The zero-order valence-corrected chi connectivity index (χ0v) is 12.6. The lowest BCUT2D eigenvalue weighted by molar-refractivity contribution is -0.120. The van der Waals surface area contributed by atoms with Gasteiger partial charge in [-0.25, -0.2) is 4.39 Å². The molecule has 2 aromatic rings. The molecular formula is C17H16F3NO3. The van der Waals surface area contributed by atoms with Gasteiger partial charge in [-0.2, -0.15) is 8.78 Å². The normalized spacial score (nSPS) is 12.0. The summed E-state index contributed by atoms with van der Waals surface area (Å²) in [5.41, 5.74) is 1.11. The van der Waals surface area contributed by atoms with Gasteiger partial charge in [-0.15, -0.1) is 0 Å². The number of carbonyl (C=O) groups excluding carboxylic acids is 1. The molecule has 2 rings (SSSR count). The van der Waals surface area contributed by atoms with E-state index in [1.54, 1.807) is 0 Å². The number of hydrogen-bond donors (Lipinski definition) is 2. The fraction of sp³-hybridized carbons (Fsp3) is 0.235. The van der Waals surface area contributed by atoms with E-state index in [2.05, 4.69) is 10.1 Å². The van der Waals surface area contributed by atoms with Crippen molar-refractivity contribution >= 4 is 5.91 Å². The van der Waals surface area contributed by atoms with Gasteiger partial charge >= 0.3 is 6.61 Å². The van der Waals surface area contributed by atoms with E-state index in [0.29, 0.717) is 11.1 Å². The highest BCUT2D eigenvalue weighted by Gasteiger charge is 2.10. The van der Waals surface area contributed by atoms with Gasteiger partial charge in [0, 0.05) is 6.54 Å². The maximum absolute atomic E-state index is 12.8. The Morgan fingerprint density at radius 1 is 1.08 bits per heavy atom. The number of hydrogen-bond acceptors (Lipinski definition) is 3. The van der Waals surface area contributed by atoms with E-state index >= 15 is 0 Å². The average Bonchev–Trinajstić information content (AvgIpc) is 2.54. The Bertz CT molecular complexity index is 660. The van der Waals surface area contributed by atoms with Gasteiger partial charge in [-0.05, 0) is 35.4 Å². The minimum Gasteiger partial charge on any atom is -0.435 e. The van der Waals surface area contributed by atoms with Crippen molar-refractivity contribution in [3.8, 4) is 5.75 Å². The number of ether oxygens (including phenoxy) is 1. The lowest BCUT2D eigenvalue weighted by Crippen LogP contribution is -2.29. The molecular weight excluding hydrogens is 323 g/mol. The van der Waals surface area contributed by atoms with Crippen LogP contribution in [-0.4, -0.2) is 24.2 Å². The topological polar surface area (TPSA) is 58.6 Å². The molecule has 128 valence electrons. The number of alkyl halides is 2. The molecule has 0 aliphatic rings. The number of aliphatic hydroxyl groups is 1. The predicted octanol–water partition coefficient (Wildman–Crippen LogP) is 2.82. The van der Waals surface area contributed by atoms with Crippen LogP contribution < -0.4 is 10.1 Å². The van der Waals surface area contributed by atoms with Crippen LogP contribution in [0.5, 0.6) is 5.75 Å². The van der Waals surface area contributed by atoms with Crippen LogP contribution in [-0.2, 0) is 11.2 Å². The van der Waals surface area contributed by atoms with Crippen LogP contribution in [0.3, 0.4) is 0 Å². The van der Waals surface area contributed by atoms with Crippen LogP contribution >= 0.6 is 0 Å². The molecule has 0 spiro atoms. The van der Waals surface area contributed by atoms with Crippen molar-refractivity contribution in [2.24, 2.45) is 0 Å². The summed E-state index contributed by atoms with van der Waals surface area (Å²) in [6.45, 7) is -2.91. The molecule has 24 heavy (non-hydrogen) atoms. The molecule has 0 aliphatic carbocycles. The maximum Gasteiger partial charge on any atom is 0.387 e. The molecule has 0 radical (unpaired) electrons. The summed E-state index contributed by atoms with van der Waals surface area (Å²) < 4.78 is 41.1. The van der Waals surface area contributed by atoms with Crippen molar-refractivity contribution in [1.82, 2.24) is 5.32 Å². The summed E-state index contributed by atoms with van der Waals surface area (Å²) in [4.78, 5) is 11.8. The minimum absolute atomic E-state index is 0.0147. The van der Waals surface area contributed by atoms with Crippen LogP contribution in [0.2, 0.25) is 0 Å². The average molecular weight is 339 g/mol. The summed E-state index contributed by atoms with van der Waals surface area (Å²) in [7, 11) is 0. The standard InChI is InChI=1S/C17H16F3NO3/c18-13-5-3-12(4-6-13)15(22)10-21-16(23)9-11-1-7-14(8-2-11)24-17(19)20/h1-8,15,17,22H,9-10H2,(H,21,23). The van der Waals surface area contributed by atoms with Crippen LogP contribution in [0.1, 0.15) is 17.2 Å². The maximum atomic E-state index is 12.8. The van der Waals surface area contributed by atoms with E-state index in [-0.39, 0.29) is 24.6 Å². The summed E-state index contributed by atoms with van der Waals surface area (Å²) in [5, 5.41) is 12.5. The Labute approximate surface area is 136 Å². The highest BCUT2D eigenvalue weighted by molar-refractivity contribution is 5.78. The van der Waals surface area contributed by atoms with Crippen molar-refractivity contribution in [2.75, 3.05) is 6.54 Å². The number of benzene rings is 2. The van der Waals surface area contributed by atoms with Gasteiger partial charge in [0.05, 0.1) is 12.5 Å². The van der Waals surface area contributed by atoms with E-state index in [0.717, 1.165) is 0 Å². The first kappa shape index (κ1) is 17.8. The Hall–Kier alpha value is -2.54. The summed E-state index contributed by atoms with van der Waals surface area (Å²) >= 11 is 0. The van der Waals surface area contributed by atoms with Gasteiger partial charge in [0.25, 0.3) is 0 Å². The second-order valence-corrected chi connectivity index (χ2v) is 5.07. The van der Waals surface area contributed by atoms with Crippen molar-refractivity contribution < 1.29 is 27.8 Å². The van der Waals surface area contributed by atoms with Crippen molar-refractivity contribution in [1.29, 1.82) is 0 Å². The molecule has 0 fully saturated rings. The third-order valence-corrected chi connectivity index (χ3v) is 3.26. The van der Waals surface area contributed by atoms with Gasteiger partial charge in [0.1, 0.15) is 11.6 Å². The molecule has 2 aromatic carbocycles. The number of halogens is 3. The number of rotatable bonds is 7. The third kappa shape index (κ3) is 5.58. The second kappa shape index (κ2) is 8.35. The molecule has 2 N–H and O–H groups in total. The van der Waals surface area contributed by atoms with Gasteiger partial charge < -0.3 is 15.2 Å². The fourth-order valence-corrected chi connectivity index (χ4v) is 2.05. The van der Waals surface area contributed by atoms with Crippen LogP contribution in [0.4, 0.5) is 13.2 Å². The number of aliphatic hydroxyl groups excluding tert-OH is 1. The highest BCUT2D eigenvalue weighted by atomic mass is 19.3. The third-order valence-electron chi connectivity index (χ3n) is 3.26. The van der Waals surface area contributed by atoms with Crippen LogP contribution in [0.25, 0.3) is 0 Å². The molecule has 0 bridgehead atoms. The van der Waals surface area contributed by atoms with Gasteiger partial charge in [-0.1, -0.05) is 24.3 Å². The smallest absolute Gasteiger partial charge is 0.387 e. The fourth-order valence-electron chi connectivity index (χ4n) is 2.05. The summed E-state index contributed by atoms with van der Waals surface area (Å²) in [6, 6.07) is 11.0. The lowest BCUT2D eigenvalue weighted by Gasteiger charge is -2.12. The van der Waals surface area contributed by atoms with E-state index < -0.39 is 18.5 Å². The molecule has 1 unspecified atom stereocenters. The van der Waals surface area contributed by atoms with E-state index in [4.69, 9.17) is 0 Å². The Balaban J connectivity index is 1.81. The number of nitrogens with one attached hydrogen (secondary N) is 1. The monoisotopic (exact) mass is 339 g/mol. The van der Waals surface area contributed by atoms with Crippen molar-refractivity contribution in [3.05, 3.63) is 65.5 Å². The molecule has 0 heterocycles. The first-order chi connectivity index (χ1) is 11.4. The quantitative estimate of drug-likeness (QED) is 0.816. The Morgan fingerprint density at radius 2 is 1.71 bits per heavy atom. The zero-order valence-electron chi connectivity index (χ0n) is 12.6. The van der Waals surface area contributed by atoms with Crippen molar-refractivity contribution in [3.63, 3.8) is 0 Å². The zero-order chi connectivity index (χ0) is 17.5. The van der Waals surface area contributed by atoms with Gasteiger partial charge in [0.15, 0.2) is 0 Å². The molecule has 1 amide bonds. The predicted molar refractivity (Wildman–Crippen MR) is 81.1 cm³/mol. The number of amides is 1. The van der Waals surface area contributed by atoms with E-state index in [1.807, 2.05) is 0 Å². The lowest BCUT2D eigenvalue weighted by atomic mass is 10.1. The highest BCUT2D eigenvalue weighted by Crippen LogP contribution is 2.15. The van der Waals surface area contributed by atoms with E-state index in [1.165, 1.54) is 48.5 Å². The molecule has 0 saturated heterocycles. The SMILES string of the molecule is O=C(Cc1ccc(OC(F)F)cc1)NCC(O)c1ccc(F)cc1. The molecule has 4 nitrogen and oxygen atoms in total. The number of carbonyl (C=O) groups is 1. The second-order valence-electron chi connectivity index (χ2n) is 5.07. The first-order valence-corrected chi connectivity index (χ1v) is 7.18. The van der Waals surface area contributed by atoms with E-state index in [9.17, 15) is 23.1 Å². The largest absolute Gasteiger partial charge is 0.435 e. The Kier molecular flexibility index (Phi) is 6.20. The minimum atomic E-state index is -2.90. The molecule has 1 atom stereocenters. The van der Waals surface area contributed by atoms with Gasteiger partial charge in [0.2, 0.25) is 5.91 Å². The van der Waals surface area contributed by atoms with Crippen molar-refractivity contribution in [2.45, 2.75) is 19.1 Å². The van der Waals surface area contributed by atoms with Crippen LogP contribution in [0, 0.1) is 5.82 Å². The van der Waals surface area contributed by atoms with Crippen LogP contribution in [0.15, 0.2) is 48.5 Å².